The minimum atomic E-state index is -0.347. The molecule has 1 aliphatic carbocycles. The van der Waals surface area contributed by atoms with E-state index in [0.717, 1.165) is 18.7 Å². The molecule has 2 aliphatic rings. The van der Waals surface area contributed by atoms with Crippen molar-refractivity contribution in [2.45, 2.75) is 5.41 Å². The van der Waals surface area contributed by atoms with Crippen LogP contribution in [0.3, 0.4) is 0 Å². The second-order valence-corrected chi connectivity index (χ2v) is 4.28. The molecule has 1 aromatic rings. The Labute approximate surface area is 86.6 Å². The molecule has 3 rings (SSSR count). The predicted molar refractivity (Wildman–Crippen MR) is 54.0 cm³/mol. The zero-order valence-electron chi connectivity index (χ0n) is 7.48. The van der Waals surface area contributed by atoms with E-state index in [1.165, 1.54) is 11.6 Å². The Balaban J connectivity index is 2.02. The molecule has 14 heavy (non-hydrogen) atoms. The molecule has 1 saturated heterocycles. The Morgan fingerprint density at radius 2 is 2.29 bits per heavy atom. The van der Waals surface area contributed by atoms with Crippen LogP contribution in [0.2, 0.25) is 5.02 Å². The maximum Gasteiger partial charge on any atom is 0.141 e. The molecule has 1 aliphatic heterocycles. The quantitative estimate of drug-likeness (QED) is 0.700. The summed E-state index contributed by atoms with van der Waals surface area (Å²) >= 11 is 5.75. The van der Waals surface area contributed by atoms with Crippen LogP contribution >= 0.6 is 11.6 Å². The molecule has 0 aromatic heterocycles. The van der Waals surface area contributed by atoms with E-state index in [9.17, 15) is 4.39 Å². The Morgan fingerprint density at radius 3 is 2.86 bits per heavy atom. The molecular weight excluding hydrogens is 201 g/mol. The maximum atomic E-state index is 13.0. The molecule has 0 spiro atoms. The monoisotopic (exact) mass is 209 g/mol. The zero-order valence-corrected chi connectivity index (χ0v) is 8.24. The van der Waals surface area contributed by atoms with Gasteiger partial charge in [0.2, 0.25) is 0 Å². The third kappa shape index (κ3) is 0.983. The standard InChI is InChI=1S/C11H9ClFN/c12-9-3-7(1-2-10(9)13)11-4-8(11)5-14-6-11/h1-4,14H,5-6H2/t11-/m0/s1. The van der Waals surface area contributed by atoms with Crippen molar-refractivity contribution in [1.29, 1.82) is 0 Å². The zero-order chi connectivity index (χ0) is 9.76. The molecule has 0 unspecified atom stereocenters. The summed E-state index contributed by atoms with van der Waals surface area (Å²) < 4.78 is 13.0. The van der Waals surface area contributed by atoms with Gasteiger partial charge in [-0.15, -0.1) is 0 Å². The summed E-state index contributed by atoms with van der Waals surface area (Å²) in [7, 11) is 0. The van der Waals surface area contributed by atoms with Crippen LogP contribution in [-0.2, 0) is 5.41 Å². The van der Waals surface area contributed by atoms with E-state index in [2.05, 4.69) is 11.4 Å². The first kappa shape index (κ1) is 8.45. The SMILES string of the molecule is Fc1ccc([C@@]23C=C2CNC3)cc1Cl. The second-order valence-electron chi connectivity index (χ2n) is 3.87. The molecule has 1 N–H and O–H groups in total. The van der Waals surface area contributed by atoms with E-state index >= 15 is 0 Å². The van der Waals surface area contributed by atoms with Crippen molar-refractivity contribution in [3.05, 3.63) is 46.3 Å². The lowest BCUT2D eigenvalue weighted by Gasteiger charge is -2.13. The highest BCUT2D eigenvalue weighted by atomic mass is 35.5. The average Bonchev–Trinajstić information content (AvgIpc) is 2.75. The molecule has 1 aromatic carbocycles. The summed E-state index contributed by atoms with van der Waals surface area (Å²) in [6.45, 7) is 1.87. The summed E-state index contributed by atoms with van der Waals surface area (Å²) in [5, 5.41) is 3.50. The number of halogens is 2. The summed E-state index contributed by atoms with van der Waals surface area (Å²) in [4.78, 5) is 0. The smallest absolute Gasteiger partial charge is 0.141 e. The molecule has 0 radical (unpaired) electrons. The number of fused-ring (bicyclic) bond motifs is 1. The first-order chi connectivity index (χ1) is 6.72. The van der Waals surface area contributed by atoms with Gasteiger partial charge in [-0.05, 0) is 23.3 Å². The van der Waals surface area contributed by atoms with Crippen molar-refractivity contribution in [3.8, 4) is 0 Å². The molecule has 1 atom stereocenters. The van der Waals surface area contributed by atoms with Crippen molar-refractivity contribution in [3.63, 3.8) is 0 Å². The largest absolute Gasteiger partial charge is 0.311 e. The second kappa shape index (κ2) is 2.59. The van der Waals surface area contributed by atoms with E-state index in [4.69, 9.17) is 11.6 Å². The van der Waals surface area contributed by atoms with Gasteiger partial charge in [0, 0.05) is 18.5 Å². The fourth-order valence-corrected chi connectivity index (χ4v) is 2.35. The number of hydrogen-bond donors (Lipinski definition) is 1. The highest BCUT2D eigenvalue weighted by Crippen LogP contribution is 2.49. The summed E-state index contributed by atoms with van der Waals surface area (Å²) in [5.74, 6) is -0.347. The van der Waals surface area contributed by atoms with Crippen molar-refractivity contribution in [2.24, 2.45) is 0 Å². The topological polar surface area (TPSA) is 12.0 Å². The van der Waals surface area contributed by atoms with Gasteiger partial charge in [-0.3, -0.25) is 0 Å². The van der Waals surface area contributed by atoms with Crippen molar-refractivity contribution < 1.29 is 4.39 Å². The van der Waals surface area contributed by atoms with Crippen molar-refractivity contribution in [1.82, 2.24) is 5.32 Å². The van der Waals surface area contributed by atoms with Crippen LogP contribution in [0.15, 0.2) is 29.8 Å². The van der Waals surface area contributed by atoms with E-state index in [-0.39, 0.29) is 16.3 Å². The van der Waals surface area contributed by atoms with Gasteiger partial charge in [0.05, 0.1) is 5.02 Å². The van der Waals surface area contributed by atoms with Crippen LogP contribution in [0, 0.1) is 5.82 Å². The van der Waals surface area contributed by atoms with E-state index < -0.39 is 0 Å². The fourth-order valence-electron chi connectivity index (χ4n) is 2.17. The van der Waals surface area contributed by atoms with Crippen LogP contribution in [-0.4, -0.2) is 13.1 Å². The molecule has 1 heterocycles. The number of nitrogens with one attached hydrogen (secondary N) is 1. The third-order valence-electron chi connectivity index (χ3n) is 3.06. The number of benzene rings is 1. The molecule has 0 saturated carbocycles. The van der Waals surface area contributed by atoms with E-state index in [1.54, 1.807) is 6.07 Å². The molecule has 72 valence electrons. The van der Waals surface area contributed by atoms with Gasteiger partial charge in [0.15, 0.2) is 0 Å². The maximum absolute atomic E-state index is 13.0. The van der Waals surface area contributed by atoms with Crippen LogP contribution in [0.25, 0.3) is 0 Å². The highest BCUT2D eigenvalue weighted by molar-refractivity contribution is 6.30. The van der Waals surface area contributed by atoms with Crippen LogP contribution < -0.4 is 5.32 Å². The lowest BCUT2D eigenvalue weighted by Crippen LogP contribution is -2.19. The summed E-state index contributed by atoms with van der Waals surface area (Å²) in [6.07, 6.45) is 2.23. The predicted octanol–water partition coefficient (Wildman–Crippen LogP) is 2.26. The van der Waals surface area contributed by atoms with Gasteiger partial charge in [0.1, 0.15) is 5.82 Å². The first-order valence-electron chi connectivity index (χ1n) is 4.61. The lowest BCUT2D eigenvalue weighted by molar-refractivity contribution is 0.625. The molecule has 3 heteroatoms. The van der Waals surface area contributed by atoms with Gasteiger partial charge >= 0.3 is 0 Å². The van der Waals surface area contributed by atoms with E-state index in [1.807, 2.05) is 6.07 Å². The third-order valence-corrected chi connectivity index (χ3v) is 3.35. The molecule has 1 fully saturated rings. The number of rotatable bonds is 1. The number of hydrogen-bond acceptors (Lipinski definition) is 1. The van der Waals surface area contributed by atoms with E-state index in [0.29, 0.717) is 0 Å². The van der Waals surface area contributed by atoms with Crippen molar-refractivity contribution >= 4 is 11.6 Å². The lowest BCUT2D eigenvalue weighted by atomic mass is 9.92. The van der Waals surface area contributed by atoms with Gasteiger partial charge in [0.25, 0.3) is 0 Å². The van der Waals surface area contributed by atoms with Crippen LogP contribution in [0.5, 0.6) is 0 Å². The fraction of sp³-hybridized carbons (Fsp3) is 0.273. The summed E-state index contributed by atoms with van der Waals surface area (Å²) in [6, 6.07) is 4.99. The van der Waals surface area contributed by atoms with Crippen LogP contribution in [0.4, 0.5) is 4.39 Å². The normalized spacial score (nSPS) is 28.6. The van der Waals surface area contributed by atoms with Gasteiger partial charge < -0.3 is 5.32 Å². The van der Waals surface area contributed by atoms with Gasteiger partial charge in [-0.2, -0.15) is 0 Å². The molecule has 0 bridgehead atoms. The van der Waals surface area contributed by atoms with Crippen molar-refractivity contribution in [2.75, 3.05) is 13.1 Å². The Morgan fingerprint density at radius 1 is 1.43 bits per heavy atom. The minimum Gasteiger partial charge on any atom is -0.311 e. The Kier molecular flexibility index (Phi) is 1.56. The molecular formula is C11H9ClFN. The minimum absolute atomic E-state index is 0.0668. The van der Waals surface area contributed by atoms with Gasteiger partial charge in [-0.1, -0.05) is 23.7 Å². The first-order valence-corrected chi connectivity index (χ1v) is 4.99. The van der Waals surface area contributed by atoms with Crippen LogP contribution in [0.1, 0.15) is 5.56 Å². The Bertz CT molecular complexity index is 441. The highest BCUT2D eigenvalue weighted by Gasteiger charge is 2.48. The molecule has 0 amide bonds. The molecule has 1 nitrogen and oxygen atoms in total. The average molecular weight is 210 g/mol. The van der Waals surface area contributed by atoms with Gasteiger partial charge in [-0.25, -0.2) is 4.39 Å². The Hall–Kier alpha value is -0.860. The summed E-state index contributed by atoms with van der Waals surface area (Å²) in [5.41, 5.74) is 2.57.